The van der Waals surface area contributed by atoms with Crippen molar-refractivity contribution >= 4 is 11.3 Å². The van der Waals surface area contributed by atoms with Crippen LogP contribution in [-0.2, 0) is 4.74 Å². The van der Waals surface area contributed by atoms with Gasteiger partial charge in [-0.25, -0.2) is 4.98 Å². The van der Waals surface area contributed by atoms with Crippen LogP contribution in [0.15, 0.2) is 5.38 Å². The Kier molecular flexibility index (Phi) is 2.28. The third-order valence-corrected chi connectivity index (χ3v) is 2.60. The van der Waals surface area contributed by atoms with Crippen LogP contribution < -0.4 is 4.74 Å². The van der Waals surface area contributed by atoms with Gasteiger partial charge in [0.15, 0.2) is 0 Å². The van der Waals surface area contributed by atoms with Crippen LogP contribution in [0.1, 0.15) is 12.1 Å². The second-order valence-corrected chi connectivity index (χ2v) is 3.68. The summed E-state index contributed by atoms with van der Waals surface area (Å²) in [5.41, 5.74) is 1.02. The van der Waals surface area contributed by atoms with Crippen molar-refractivity contribution in [3.05, 3.63) is 11.1 Å². The minimum Gasteiger partial charge on any atom is -0.464 e. The van der Waals surface area contributed by atoms with Gasteiger partial charge in [0.2, 0.25) is 0 Å². The van der Waals surface area contributed by atoms with Gasteiger partial charge in [0.05, 0.1) is 18.9 Å². The summed E-state index contributed by atoms with van der Waals surface area (Å²) >= 11 is 1.55. The zero-order valence-electron chi connectivity index (χ0n) is 6.95. The Morgan fingerprint density at radius 2 is 2.67 bits per heavy atom. The number of ether oxygens (including phenoxy) is 2. The minimum atomic E-state index is 0.218. The van der Waals surface area contributed by atoms with Gasteiger partial charge in [0, 0.05) is 11.8 Å². The molecule has 1 aliphatic rings. The number of aromatic nitrogens is 1. The smallest absolute Gasteiger partial charge is 0.273 e. The molecule has 1 unspecified atom stereocenters. The van der Waals surface area contributed by atoms with Crippen LogP contribution in [0, 0.1) is 6.92 Å². The number of thiazole rings is 1. The molecule has 2 heterocycles. The molecule has 3 nitrogen and oxygen atoms in total. The molecule has 0 aromatic carbocycles. The standard InChI is InChI=1S/C8H11NO2S/c1-6-5-12-8(9-6)11-7-2-3-10-4-7/h5,7H,2-4H2,1H3. The zero-order chi connectivity index (χ0) is 8.39. The Labute approximate surface area is 75.3 Å². The van der Waals surface area contributed by atoms with Gasteiger partial charge in [-0.3, -0.25) is 0 Å². The average Bonchev–Trinajstić information content (AvgIpc) is 2.63. The quantitative estimate of drug-likeness (QED) is 0.701. The van der Waals surface area contributed by atoms with Crippen LogP contribution in [0.5, 0.6) is 5.19 Å². The second-order valence-electron chi connectivity index (χ2n) is 2.86. The molecule has 1 aromatic heterocycles. The van der Waals surface area contributed by atoms with E-state index in [2.05, 4.69) is 4.98 Å². The van der Waals surface area contributed by atoms with E-state index in [-0.39, 0.29) is 6.10 Å². The van der Waals surface area contributed by atoms with Gasteiger partial charge in [-0.1, -0.05) is 11.3 Å². The summed E-state index contributed by atoms with van der Waals surface area (Å²) in [6.45, 7) is 3.49. The summed E-state index contributed by atoms with van der Waals surface area (Å²) in [7, 11) is 0. The molecule has 0 N–H and O–H groups in total. The largest absolute Gasteiger partial charge is 0.464 e. The number of hydrogen-bond acceptors (Lipinski definition) is 4. The molecule has 0 bridgehead atoms. The molecule has 0 amide bonds. The van der Waals surface area contributed by atoms with Crippen molar-refractivity contribution in [1.29, 1.82) is 0 Å². The number of aryl methyl sites for hydroxylation is 1. The lowest BCUT2D eigenvalue weighted by molar-refractivity contribution is 0.141. The summed E-state index contributed by atoms with van der Waals surface area (Å²) < 4.78 is 10.8. The van der Waals surface area contributed by atoms with Crippen molar-refractivity contribution in [2.75, 3.05) is 13.2 Å². The van der Waals surface area contributed by atoms with Crippen LogP contribution in [0.3, 0.4) is 0 Å². The number of nitrogens with zero attached hydrogens (tertiary/aromatic N) is 1. The average molecular weight is 185 g/mol. The molecule has 2 rings (SSSR count). The summed E-state index contributed by atoms with van der Waals surface area (Å²) in [6.07, 6.45) is 1.20. The van der Waals surface area contributed by atoms with E-state index in [4.69, 9.17) is 9.47 Å². The van der Waals surface area contributed by atoms with Crippen LogP contribution in [0.2, 0.25) is 0 Å². The lowest BCUT2D eigenvalue weighted by Gasteiger charge is -2.06. The normalized spacial score (nSPS) is 22.9. The van der Waals surface area contributed by atoms with Crippen LogP contribution in [0.25, 0.3) is 0 Å². The molecule has 1 atom stereocenters. The van der Waals surface area contributed by atoms with Crippen LogP contribution >= 0.6 is 11.3 Å². The molecule has 1 fully saturated rings. The van der Waals surface area contributed by atoms with Crippen molar-refractivity contribution in [3.8, 4) is 5.19 Å². The summed E-state index contributed by atoms with van der Waals surface area (Å²) in [5, 5.41) is 2.76. The lowest BCUT2D eigenvalue weighted by atomic mass is 10.3. The third-order valence-electron chi connectivity index (χ3n) is 1.75. The van der Waals surface area contributed by atoms with Crippen LogP contribution in [0.4, 0.5) is 0 Å². The lowest BCUT2D eigenvalue weighted by Crippen LogP contribution is -2.15. The van der Waals surface area contributed by atoms with Gasteiger partial charge in [0.1, 0.15) is 6.10 Å². The molecule has 0 saturated carbocycles. The fourth-order valence-electron chi connectivity index (χ4n) is 1.13. The summed E-state index contributed by atoms with van der Waals surface area (Å²) in [4.78, 5) is 4.21. The van der Waals surface area contributed by atoms with Gasteiger partial charge in [-0.15, -0.1) is 0 Å². The predicted octanol–water partition coefficient (Wildman–Crippen LogP) is 1.62. The van der Waals surface area contributed by atoms with Crippen molar-refractivity contribution in [3.63, 3.8) is 0 Å². The molecule has 0 aliphatic carbocycles. The number of rotatable bonds is 2. The van der Waals surface area contributed by atoms with Gasteiger partial charge in [-0.2, -0.15) is 0 Å². The van der Waals surface area contributed by atoms with E-state index in [9.17, 15) is 0 Å². The van der Waals surface area contributed by atoms with Gasteiger partial charge in [-0.05, 0) is 6.92 Å². The zero-order valence-corrected chi connectivity index (χ0v) is 7.76. The first-order valence-electron chi connectivity index (χ1n) is 4.01. The first kappa shape index (κ1) is 8.01. The third kappa shape index (κ3) is 1.76. The molecule has 1 saturated heterocycles. The summed E-state index contributed by atoms with van der Waals surface area (Å²) in [5.74, 6) is 0. The topological polar surface area (TPSA) is 31.4 Å². The predicted molar refractivity (Wildman–Crippen MR) is 46.7 cm³/mol. The maximum atomic E-state index is 5.58. The van der Waals surface area contributed by atoms with E-state index >= 15 is 0 Å². The first-order valence-corrected chi connectivity index (χ1v) is 4.89. The van der Waals surface area contributed by atoms with Crippen molar-refractivity contribution in [1.82, 2.24) is 4.98 Å². The van der Waals surface area contributed by atoms with Crippen molar-refractivity contribution < 1.29 is 9.47 Å². The Morgan fingerprint density at radius 1 is 1.75 bits per heavy atom. The highest BCUT2D eigenvalue weighted by Crippen LogP contribution is 2.21. The van der Waals surface area contributed by atoms with Gasteiger partial charge < -0.3 is 9.47 Å². The first-order chi connectivity index (χ1) is 5.84. The SMILES string of the molecule is Cc1csc(OC2CCOC2)n1. The van der Waals surface area contributed by atoms with Gasteiger partial charge >= 0.3 is 0 Å². The fourth-order valence-corrected chi connectivity index (χ4v) is 1.85. The Hall–Kier alpha value is -0.610. The molecule has 12 heavy (non-hydrogen) atoms. The maximum absolute atomic E-state index is 5.58. The monoisotopic (exact) mass is 185 g/mol. The molecule has 0 spiro atoms. The molecule has 1 aliphatic heterocycles. The fraction of sp³-hybridized carbons (Fsp3) is 0.625. The molecule has 66 valence electrons. The van der Waals surface area contributed by atoms with Crippen molar-refractivity contribution in [2.24, 2.45) is 0 Å². The second kappa shape index (κ2) is 3.41. The van der Waals surface area contributed by atoms with Gasteiger partial charge in [0.25, 0.3) is 5.19 Å². The maximum Gasteiger partial charge on any atom is 0.273 e. The Balaban J connectivity index is 1.94. The Morgan fingerprint density at radius 3 is 3.25 bits per heavy atom. The molecule has 1 aromatic rings. The molecule has 4 heteroatoms. The highest BCUT2D eigenvalue weighted by Gasteiger charge is 2.18. The highest BCUT2D eigenvalue weighted by molar-refractivity contribution is 7.11. The van der Waals surface area contributed by atoms with E-state index in [1.165, 1.54) is 0 Å². The van der Waals surface area contributed by atoms with E-state index in [1.54, 1.807) is 11.3 Å². The van der Waals surface area contributed by atoms with E-state index in [0.717, 1.165) is 23.9 Å². The Bertz CT molecular complexity index is 255. The van der Waals surface area contributed by atoms with E-state index in [0.29, 0.717) is 6.61 Å². The number of hydrogen-bond donors (Lipinski definition) is 0. The summed E-state index contributed by atoms with van der Waals surface area (Å²) in [6, 6.07) is 0. The molecular formula is C8H11NO2S. The molecule has 0 radical (unpaired) electrons. The van der Waals surface area contributed by atoms with Crippen molar-refractivity contribution in [2.45, 2.75) is 19.4 Å². The molecular weight excluding hydrogens is 174 g/mol. The van der Waals surface area contributed by atoms with E-state index < -0.39 is 0 Å². The van der Waals surface area contributed by atoms with E-state index in [1.807, 2.05) is 12.3 Å². The minimum absolute atomic E-state index is 0.218. The van der Waals surface area contributed by atoms with Crippen LogP contribution in [-0.4, -0.2) is 24.3 Å². The highest BCUT2D eigenvalue weighted by atomic mass is 32.1.